The largest absolute Gasteiger partial charge is 0.573 e. The van der Waals surface area contributed by atoms with Crippen LogP contribution in [0.25, 0.3) is 0 Å². The molecule has 0 saturated carbocycles. The van der Waals surface area contributed by atoms with Crippen molar-refractivity contribution in [2.24, 2.45) is 0 Å². The number of alkyl halides is 3. The molecule has 1 rings (SSSR count). The first-order valence-corrected chi connectivity index (χ1v) is 10.8. The molecular formula is C23H35F3N2O6. The molecule has 1 aromatic carbocycles. The molecular weight excluding hydrogens is 457 g/mol. The Balaban J connectivity index is 2.92. The Morgan fingerprint density at radius 3 is 1.97 bits per heavy atom. The number of carbonyl (C=O) groups excluding carboxylic acids is 2. The van der Waals surface area contributed by atoms with Gasteiger partial charge in [-0.25, -0.2) is 9.59 Å². The van der Waals surface area contributed by atoms with Crippen LogP contribution in [0.5, 0.6) is 5.75 Å². The molecule has 0 aliphatic carbocycles. The summed E-state index contributed by atoms with van der Waals surface area (Å²) >= 11 is 0. The summed E-state index contributed by atoms with van der Waals surface area (Å²) in [4.78, 5) is 24.2. The number of anilines is 1. The number of benzene rings is 1. The van der Waals surface area contributed by atoms with Crippen LogP contribution in [0, 0.1) is 0 Å². The van der Waals surface area contributed by atoms with Crippen LogP contribution in [0.3, 0.4) is 0 Å². The fourth-order valence-corrected chi connectivity index (χ4v) is 2.56. The number of hydrogen-bond acceptors (Lipinski definition) is 6. The van der Waals surface area contributed by atoms with Gasteiger partial charge in [-0.05, 0) is 72.6 Å². The fourth-order valence-electron chi connectivity index (χ4n) is 2.56. The Morgan fingerprint density at radius 2 is 1.47 bits per heavy atom. The maximum absolute atomic E-state index is 12.8. The maximum atomic E-state index is 12.8. The molecule has 11 heteroatoms. The normalized spacial score (nSPS) is 14.1. The van der Waals surface area contributed by atoms with Gasteiger partial charge < -0.3 is 24.3 Å². The van der Waals surface area contributed by atoms with Crippen LogP contribution in [-0.2, 0) is 20.8 Å². The van der Waals surface area contributed by atoms with Gasteiger partial charge in [-0.3, -0.25) is 5.32 Å². The van der Waals surface area contributed by atoms with E-state index in [9.17, 15) is 22.8 Å². The van der Waals surface area contributed by atoms with Crippen molar-refractivity contribution in [1.82, 2.24) is 5.32 Å². The van der Waals surface area contributed by atoms with Gasteiger partial charge in [0.05, 0.1) is 24.4 Å². The predicted molar refractivity (Wildman–Crippen MR) is 121 cm³/mol. The third-order valence-electron chi connectivity index (χ3n) is 4.18. The van der Waals surface area contributed by atoms with Gasteiger partial charge in [-0.1, -0.05) is 13.0 Å². The molecule has 0 spiro atoms. The molecule has 0 unspecified atom stereocenters. The third kappa shape index (κ3) is 12.0. The third-order valence-corrected chi connectivity index (χ3v) is 4.18. The molecule has 2 N–H and O–H groups in total. The highest BCUT2D eigenvalue weighted by atomic mass is 19.4. The Bertz CT molecular complexity index is 847. The summed E-state index contributed by atoms with van der Waals surface area (Å²) in [5.41, 5.74) is -1.99. The number of halogens is 3. The van der Waals surface area contributed by atoms with E-state index < -0.39 is 41.0 Å². The summed E-state index contributed by atoms with van der Waals surface area (Å²) in [5.74, 6) is -0.591. The van der Waals surface area contributed by atoms with Crippen molar-refractivity contribution in [2.75, 3.05) is 11.9 Å². The lowest BCUT2D eigenvalue weighted by Gasteiger charge is -2.31. The van der Waals surface area contributed by atoms with E-state index >= 15 is 0 Å². The van der Waals surface area contributed by atoms with Crippen molar-refractivity contribution in [3.8, 4) is 5.75 Å². The zero-order valence-electron chi connectivity index (χ0n) is 20.9. The second-order valence-electron chi connectivity index (χ2n) is 10.0. The molecule has 1 atom stereocenters. The summed E-state index contributed by atoms with van der Waals surface area (Å²) in [6.45, 7) is 13.9. The van der Waals surface area contributed by atoms with Crippen LogP contribution in [0.15, 0.2) is 18.2 Å². The molecule has 0 fully saturated rings. The van der Waals surface area contributed by atoms with Crippen LogP contribution in [0.2, 0.25) is 0 Å². The topological polar surface area (TPSA) is 95.1 Å². The summed E-state index contributed by atoms with van der Waals surface area (Å²) in [6, 6.07) is 3.76. The van der Waals surface area contributed by atoms with E-state index in [1.165, 1.54) is 12.1 Å². The molecule has 0 aromatic heterocycles. The molecule has 0 bridgehead atoms. The van der Waals surface area contributed by atoms with E-state index in [-0.39, 0.29) is 18.9 Å². The maximum Gasteiger partial charge on any atom is 0.573 e. The van der Waals surface area contributed by atoms with Crippen molar-refractivity contribution in [3.63, 3.8) is 0 Å². The van der Waals surface area contributed by atoms with E-state index in [0.29, 0.717) is 12.0 Å². The van der Waals surface area contributed by atoms with Crippen LogP contribution in [0.4, 0.5) is 28.4 Å². The molecule has 0 aliphatic rings. The lowest BCUT2D eigenvalue weighted by Crippen LogP contribution is -2.50. The number of hydrogen-bond donors (Lipinski definition) is 2. The second-order valence-corrected chi connectivity index (χ2v) is 10.0. The van der Waals surface area contributed by atoms with Crippen LogP contribution < -0.4 is 15.4 Å². The smallest absolute Gasteiger partial charge is 0.444 e. The fraction of sp³-hybridized carbons (Fsp3) is 0.652. The van der Waals surface area contributed by atoms with Crippen molar-refractivity contribution < 1.29 is 41.7 Å². The molecule has 8 nitrogen and oxygen atoms in total. The first kappa shape index (κ1) is 29.3. The van der Waals surface area contributed by atoms with Crippen molar-refractivity contribution in [2.45, 2.75) is 91.5 Å². The van der Waals surface area contributed by atoms with Crippen molar-refractivity contribution >= 4 is 17.9 Å². The summed E-state index contributed by atoms with van der Waals surface area (Å²) in [6.07, 6.45) is -5.93. The molecule has 1 aromatic rings. The van der Waals surface area contributed by atoms with Gasteiger partial charge in [0.25, 0.3) is 0 Å². The van der Waals surface area contributed by atoms with Gasteiger partial charge in [0.2, 0.25) is 0 Å². The quantitative estimate of drug-likeness (QED) is 0.453. The molecule has 2 amide bonds. The molecule has 0 radical (unpaired) electrons. The molecule has 0 aliphatic heterocycles. The highest BCUT2D eigenvalue weighted by molar-refractivity contribution is 5.87. The monoisotopic (exact) mass is 492 g/mol. The summed E-state index contributed by atoms with van der Waals surface area (Å²) in [7, 11) is 0. The minimum Gasteiger partial charge on any atom is -0.444 e. The summed E-state index contributed by atoms with van der Waals surface area (Å²) in [5, 5.41) is 5.06. The number of rotatable bonds is 8. The number of amides is 2. The molecule has 0 heterocycles. The van der Waals surface area contributed by atoms with Crippen molar-refractivity contribution in [3.05, 3.63) is 23.8 Å². The first-order chi connectivity index (χ1) is 15.3. The van der Waals surface area contributed by atoms with E-state index in [0.717, 1.165) is 6.07 Å². The van der Waals surface area contributed by atoms with Gasteiger partial charge in [0.1, 0.15) is 11.2 Å². The number of nitrogens with one attached hydrogen (secondary N) is 2. The van der Waals surface area contributed by atoms with Gasteiger partial charge in [-0.15, -0.1) is 13.2 Å². The van der Waals surface area contributed by atoms with Gasteiger partial charge in [0, 0.05) is 0 Å². The highest BCUT2D eigenvalue weighted by Gasteiger charge is 2.33. The first-order valence-electron chi connectivity index (χ1n) is 10.8. The average Bonchev–Trinajstić information content (AvgIpc) is 2.59. The van der Waals surface area contributed by atoms with Crippen LogP contribution in [0.1, 0.15) is 67.4 Å². The summed E-state index contributed by atoms with van der Waals surface area (Å²) < 4.78 is 58.4. The molecule has 0 saturated heterocycles. The molecule has 34 heavy (non-hydrogen) atoms. The van der Waals surface area contributed by atoms with E-state index in [1.54, 1.807) is 48.5 Å². The minimum absolute atomic E-state index is 0.000878. The molecule has 194 valence electrons. The van der Waals surface area contributed by atoms with Gasteiger partial charge >= 0.3 is 18.5 Å². The Morgan fingerprint density at radius 1 is 0.912 bits per heavy atom. The number of carbonyl (C=O) groups is 2. The highest BCUT2D eigenvalue weighted by Crippen LogP contribution is 2.32. The Kier molecular flexibility index (Phi) is 9.63. The van der Waals surface area contributed by atoms with Gasteiger partial charge in [-0.2, -0.15) is 0 Å². The second kappa shape index (κ2) is 11.2. The predicted octanol–water partition coefficient (Wildman–Crippen LogP) is 6.14. The van der Waals surface area contributed by atoms with E-state index in [1.807, 2.05) is 6.92 Å². The standard InChI is InChI=1S/C23H35F3N2O6/c1-9-22(8,28-19(30)34-21(5,6)7)14-31-13-15-10-11-17(32-23(24,25)26)16(12-15)27-18(29)33-20(2,3)4/h10-12H,9,13-14H2,1-8H3,(H,27,29)(H,28,30)/t22-/m1/s1. The van der Waals surface area contributed by atoms with E-state index in [2.05, 4.69) is 15.4 Å². The zero-order valence-corrected chi connectivity index (χ0v) is 20.9. The number of ether oxygens (including phenoxy) is 4. The zero-order chi connectivity index (χ0) is 26.4. The van der Waals surface area contributed by atoms with E-state index in [4.69, 9.17) is 14.2 Å². The minimum atomic E-state index is -4.95. The number of alkyl carbamates (subject to hydrolysis) is 1. The van der Waals surface area contributed by atoms with Crippen LogP contribution in [-0.4, -0.2) is 41.9 Å². The van der Waals surface area contributed by atoms with Gasteiger partial charge in [0.15, 0.2) is 5.75 Å². The average molecular weight is 493 g/mol. The Labute approximate surface area is 198 Å². The van der Waals surface area contributed by atoms with Crippen LogP contribution >= 0.6 is 0 Å². The SMILES string of the molecule is CC[C@](C)(COCc1ccc(OC(F)(F)F)c(NC(=O)OC(C)(C)C)c1)NC(=O)OC(C)(C)C. The lowest BCUT2D eigenvalue weighted by molar-refractivity contribution is -0.274. The van der Waals surface area contributed by atoms with Crippen molar-refractivity contribution in [1.29, 1.82) is 0 Å². The Hall–Kier alpha value is -2.69. The lowest BCUT2D eigenvalue weighted by atomic mass is 10.0.